The molecule has 0 saturated carbocycles. The molecule has 0 N–H and O–H groups in total. The standard InChI is InChI=1S/C13H28N2/c1-5-14(6-2)11-13-8-7-9-15(13)10-12(3)4/h12-13H,5-11H2,1-4H3/t13-/m1/s1. The third kappa shape index (κ3) is 4.12. The Balaban J connectivity index is 2.38. The molecular weight excluding hydrogens is 184 g/mol. The van der Waals surface area contributed by atoms with E-state index in [4.69, 9.17) is 0 Å². The van der Waals surface area contributed by atoms with Crippen LogP contribution >= 0.6 is 0 Å². The van der Waals surface area contributed by atoms with Gasteiger partial charge in [0.05, 0.1) is 0 Å². The first kappa shape index (κ1) is 13.0. The van der Waals surface area contributed by atoms with Crippen molar-refractivity contribution >= 4 is 0 Å². The molecule has 0 radical (unpaired) electrons. The van der Waals surface area contributed by atoms with Gasteiger partial charge in [-0.3, -0.25) is 4.90 Å². The van der Waals surface area contributed by atoms with Gasteiger partial charge in [0.1, 0.15) is 0 Å². The smallest absolute Gasteiger partial charge is 0.0223 e. The van der Waals surface area contributed by atoms with Crippen LogP contribution in [0.1, 0.15) is 40.5 Å². The highest BCUT2D eigenvalue weighted by Gasteiger charge is 2.25. The van der Waals surface area contributed by atoms with Gasteiger partial charge in [0.15, 0.2) is 0 Å². The average molecular weight is 212 g/mol. The fraction of sp³-hybridized carbons (Fsp3) is 1.00. The Bertz CT molecular complexity index is 164. The van der Waals surface area contributed by atoms with Gasteiger partial charge in [-0.15, -0.1) is 0 Å². The molecule has 0 aromatic carbocycles. The number of nitrogens with zero attached hydrogens (tertiary/aromatic N) is 2. The number of hydrogen-bond acceptors (Lipinski definition) is 2. The molecule has 1 fully saturated rings. The van der Waals surface area contributed by atoms with Crippen LogP contribution < -0.4 is 0 Å². The van der Waals surface area contributed by atoms with E-state index in [0.717, 1.165) is 12.0 Å². The Kier molecular flexibility index (Phi) is 5.62. The van der Waals surface area contributed by atoms with E-state index in [2.05, 4.69) is 37.5 Å². The summed E-state index contributed by atoms with van der Waals surface area (Å²) in [4.78, 5) is 5.26. The second kappa shape index (κ2) is 6.49. The molecule has 0 aliphatic carbocycles. The fourth-order valence-corrected chi connectivity index (χ4v) is 2.59. The normalized spacial score (nSPS) is 23.2. The van der Waals surface area contributed by atoms with Crippen molar-refractivity contribution in [1.29, 1.82) is 0 Å². The third-order valence-corrected chi connectivity index (χ3v) is 3.46. The van der Waals surface area contributed by atoms with Crippen molar-refractivity contribution in [3.63, 3.8) is 0 Å². The number of likely N-dealkylation sites (tertiary alicyclic amines) is 1. The van der Waals surface area contributed by atoms with Crippen molar-refractivity contribution < 1.29 is 0 Å². The summed E-state index contributed by atoms with van der Waals surface area (Å²) in [6, 6.07) is 0.826. The first-order chi connectivity index (χ1) is 7.17. The van der Waals surface area contributed by atoms with Crippen LogP contribution in [0.15, 0.2) is 0 Å². The molecule has 1 aliphatic heterocycles. The molecule has 1 saturated heterocycles. The molecule has 0 spiro atoms. The molecule has 0 amide bonds. The highest BCUT2D eigenvalue weighted by atomic mass is 15.2. The van der Waals surface area contributed by atoms with Crippen LogP contribution in [0.3, 0.4) is 0 Å². The third-order valence-electron chi connectivity index (χ3n) is 3.46. The summed E-state index contributed by atoms with van der Waals surface area (Å²) in [6.45, 7) is 15.5. The summed E-state index contributed by atoms with van der Waals surface area (Å²) in [5.41, 5.74) is 0. The van der Waals surface area contributed by atoms with Gasteiger partial charge in [-0.2, -0.15) is 0 Å². The van der Waals surface area contributed by atoms with Gasteiger partial charge >= 0.3 is 0 Å². The lowest BCUT2D eigenvalue weighted by molar-refractivity contribution is 0.168. The quantitative estimate of drug-likeness (QED) is 0.667. The van der Waals surface area contributed by atoms with Crippen molar-refractivity contribution in [2.45, 2.75) is 46.6 Å². The average Bonchev–Trinajstić information content (AvgIpc) is 2.61. The minimum absolute atomic E-state index is 0.808. The highest BCUT2D eigenvalue weighted by molar-refractivity contribution is 4.82. The molecule has 1 rings (SSSR count). The Morgan fingerprint density at radius 1 is 1.27 bits per heavy atom. The van der Waals surface area contributed by atoms with E-state index in [0.29, 0.717) is 0 Å². The number of likely N-dealkylation sites (N-methyl/N-ethyl adjacent to an activating group) is 1. The molecule has 2 nitrogen and oxygen atoms in total. The fourth-order valence-electron chi connectivity index (χ4n) is 2.59. The van der Waals surface area contributed by atoms with Gasteiger partial charge in [0.2, 0.25) is 0 Å². The number of rotatable bonds is 6. The first-order valence-corrected chi connectivity index (χ1v) is 6.63. The molecule has 0 bridgehead atoms. The summed E-state index contributed by atoms with van der Waals surface area (Å²) in [6.07, 6.45) is 2.81. The van der Waals surface area contributed by atoms with Gasteiger partial charge in [-0.25, -0.2) is 0 Å². The van der Waals surface area contributed by atoms with Crippen molar-refractivity contribution in [2.24, 2.45) is 5.92 Å². The monoisotopic (exact) mass is 212 g/mol. The van der Waals surface area contributed by atoms with Gasteiger partial charge in [0, 0.05) is 19.1 Å². The molecule has 1 atom stereocenters. The zero-order valence-electron chi connectivity index (χ0n) is 11.0. The second-order valence-corrected chi connectivity index (χ2v) is 5.17. The van der Waals surface area contributed by atoms with E-state index in [1.807, 2.05) is 0 Å². The molecular formula is C13H28N2. The largest absolute Gasteiger partial charge is 0.302 e. The lowest BCUT2D eigenvalue weighted by Crippen LogP contribution is -2.41. The second-order valence-electron chi connectivity index (χ2n) is 5.17. The van der Waals surface area contributed by atoms with E-state index >= 15 is 0 Å². The van der Waals surface area contributed by atoms with Crippen LogP contribution in [-0.4, -0.2) is 48.6 Å². The summed E-state index contributed by atoms with van der Waals surface area (Å²) in [7, 11) is 0. The topological polar surface area (TPSA) is 6.48 Å². The zero-order chi connectivity index (χ0) is 11.3. The Hall–Kier alpha value is -0.0800. The van der Waals surface area contributed by atoms with Crippen LogP contribution in [0.2, 0.25) is 0 Å². The van der Waals surface area contributed by atoms with Gasteiger partial charge < -0.3 is 4.90 Å². The minimum Gasteiger partial charge on any atom is -0.302 e. The van der Waals surface area contributed by atoms with E-state index < -0.39 is 0 Å². The zero-order valence-corrected chi connectivity index (χ0v) is 11.0. The van der Waals surface area contributed by atoms with E-state index in [1.165, 1.54) is 45.6 Å². The molecule has 0 aromatic rings. The van der Waals surface area contributed by atoms with E-state index in [1.54, 1.807) is 0 Å². The van der Waals surface area contributed by atoms with Gasteiger partial charge in [-0.05, 0) is 38.4 Å². The lowest BCUT2D eigenvalue weighted by Gasteiger charge is -2.30. The summed E-state index contributed by atoms with van der Waals surface area (Å²) in [5.74, 6) is 0.808. The van der Waals surface area contributed by atoms with Crippen LogP contribution in [-0.2, 0) is 0 Å². The van der Waals surface area contributed by atoms with Gasteiger partial charge in [0.25, 0.3) is 0 Å². The summed E-state index contributed by atoms with van der Waals surface area (Å²) < 4.78 is 0. The molecule has 0 unspecified atom stereocenters. The van der Waals surface area contributed by atoms with Crippen molar-refractivity contribution in [2.75, 3.05) is 32.7 Å². The number of hydrogen-bond donors (Lipinski definition) is 0. The maximum atomic E-state index is 2.70. The van der Waals surface area contributed by atoms with Crippen molar-refractivity contribution in [3.8, 4) is 0 Å². The molecule has 1 heterocycles. The van der Waals surface area contributed by atoms with Crippen LogP contribution in [0.4, 0.5) is 0 Å². The highest BCUT2D eigenvalue weighted by Crippen LogP contribution is 2.19. The predicted molar refractivity (Wildman–Crippen MR) is 67.2 cm³/mol. The Morgan fingerprint density at radius 2 is 1.93 bits per heavy atom. The minimum atomic E-state index is 0.808. The van der Waals surface area contributed by atoms with Crippen molar-refractivity contribution in [3.05, 3.63) is 0 Å². The maximum absolute atomic E-state index is 2.70. The molecule has 15 heavy (non-hydrogen) atoms. The first-order valence-electron chi connectivity index (χ1n) is 6.63. The van der Waals surface area contributed by atoms with Crippen molar-refractivity contribution in [1.82, 2.24) is 9.80 Å². The predicted octanol–water partition coefficient (Wildman–Crippen LogP) is 2.45. The maximum Gasteiger partial charge on any atom is 0.0223 e. The molecule has 90 valence electrons. The van der Waals surface area contributed by atoms with Crippen LogP contribution in [0.5, 0.6) is 0 Å². The lowest BCUT2D eigenvalue weighted by atomic mass is 10.1. The molecule has 1 aliphatic rings. The van der Waals surface area contributed by atoms with Gasteiger partial charge in [-0.1, -0.05) is 27.7 Å². The van der Waals surface area contributed by atoms with E-state index in [-0.39, 0.29) is 0 Å². The van der Waals surface area contributed by atoms with Crippen LogP contribution in [0, 0.1) is 5.92 Å². The molecule has 2 heteroatoms. The molecule has 0 aromatic heterocycles. The van der Waals surface area contributed by atoms with Crippen LogP contribution in [0.25, 0.3) is 0 Å². The SMILES string of the molecule is CCN(CC)C[C@H]1CCCN1CC(C)C. The summed E-state index contributed by atoms with van der Waals surface area (Å²) >= 11 is 0. The van der Waals surface area contributed by atoms with E-state index in [9.17, 15) is 0 Å². The Labute approximate surface area is 95.6 Å². The summed E-state index contributed by atoms with van der Waals surface area (Å²) in [5, 5.41) is 0. The Morgan fingerprint density at radius 3 is 2.47 bits per heavy atom.